The summed E-state index contributed by atoms with van der Waals surface area (Å²) in [5.41, 5.74) is 1.67. The summed E-state index contributed by atoms with van der Waals surface area (Å²) in [6.45, 7) is 1.97. The molecular formula is C10H9ClN2O2. The lowest BCUT2D eigenvalue weighted by molar-refractivity contribution is 0.0697. The summed E-state index contributed by atoms with van der Waals surface area (Å²) >= 11 is 5.92. The Morgan fingerprint density at radius 2 is 2.40 bits per heavy atom. The van der Waals surface area contributed by atoms with Crippen molar-refractivity contribution >= 4 is 23.2 Å². The van der Waals surface area contributed by atoms with Crippen LogP contribution in [0.5, 0.6) is 0 Å². The van der Waals surface area contributed by atoms with E-state index in [0.29, 0.717) is 10.8 Å². The van der Waals surface area contributed by atoms with Gasteiger partial charge in [0, 0.05) is 6.20 Å². The zero-order valence-corrected chi connectivity index (χ0v) is 8.82. The average Bonchev–Trinajstić information content (AvgIpc) is 2.51. The molecule has 0 aliphatic carbocycles. The van der Waals surface area contributed by atoms with Gasteiger partial charge in [-0.1, -0.05) is 18.5 Å². The van der Waals surface area contributed by atoms with E-state index in [9.17, 15) is 4.79 Å². The van der Waals surface area contributed by atoms with E-state index in [4.69, 9.17) is 16.7 Å². The Hall–Kier alpha value is -1.55. The largest absolute Gasteiger partial charge is 0.478 e. The lowest BCUT2D eigenvalue weighted by Gasteiger charge is -1.99. The van der Waals surface area contributed by atoms with Crippen LogP contribution in [0.3, 0.4) is 0 Å². The van der Waals surface area contributed by atoms with Gasteiger partial charge in [-0.25, -0.2) is 9.78 Å². The summed E-state index contributed by atoms with van der Waals surface area (Å²) in [6, 6.07) is 3.04. The first-order valence-corrected chi connectivity index (χ1v) is 4.91. The van der Waals surface area contributed by atoms with Crippen molar-refractivity contribution in [2.75, 3.05) is 0 Å². The van der Waals surface area contributed by atoms with Crippen LogP contribution in [0, 0.1) is 0 Å². The molecule has 2 rings (SSSR count). The monoisotopic (exact) mass is 224 g/mol. The van der Waals surface area contributed by atoms with Gasteiger partial charge in [0.05, 0.1) is 11.3 Å². The van der Waals surface area contributed by atoms with E-state index in [-0.39, 0.29) is 5.56 Å². The lowest BCUT2D eigenvalue weighted by atomic mass is 10.2. The molecule has 0 atom stereocenters. The quantitative estimate of drug-likeness (QED) is 0.851. The number of aryl methyl sites for hydroxylation is 1. The molecule has 4 nitrogen and oxygen atoms in total. The highest BCUT2D eigenvalue weighted by molar-refractivity contribution is 6.30. The third-order valence-electron chi connectivity index (χ3n) is 2.26. The Kier molecular flexibility index (Phi) is 2.36. The number of rotatable bonds is 2. The van der Waals surface area contributed by atoms with Crippen LogP contribution in [-0.2, 0) is 6.42 Å². The Bertz CT molecular complexity index is 533. The van der Waals surface area contributed by atoms with Crippen molar-refractivity contribution in [2.24, 2.45) is 0 Å². The number of aromatic carboxylic acids is 1. The molecule has 0 radical (unpaired) electrons. The van der Waals surface area contributed by atoms with E-state index in [1.165, 1.54) is 12.1 Å². The molecule has 0 unspecified atom stereocenters. The van der Waals surface area contributed by atoms with Crippen LogP contribution in [0.1, 0.15) is 23.0 Å². The Labute approximate surface area is 91.1 Å². The van der Waals surface area contributed by atoms with Crippen molar-refractivity contribution in [3.05, 3.63) is 34.7 Å². The number of halogens is 1. The van der Waals surface area contributed by atoms with Gasteiger partial charge in [-0.3, -0.25) is 0 Å². The number of imidazole rings is 1. The maximum atomic E-state index is 10.7. The molecule has 5 heteroatoms. The van der Waals surface area contributed by atoms with Crippen molar-refractivity contribution in [1.29, 1.82) is 0 Å². The van der Waals surface area contributed by atoms with E-state index < -0.39 is 5.97 Å². The molecule has 0 saturated carbocycles. The van der Waals surface area contributed by atoms with Gasteiger partial charge in [-0.15, -0.1) is 0 Å². The fourth-order valence-electron chi connectivity index (χ4n) is 1.52. The van der Waals surface area contributed by atoms with Gasteiger partial charge in [-0.05, 0) is 18.6 Å². The Morgan fingerprint density at radius 1 is 1.67 bits per heavy atom. The third-order valence-corrected chi connectivity index (χ3v) is 2.56. The fraction of sp³-hybridized carbons (Fsp3) is 0.200. The van der Waals surface area contributed by atoms with E-state index in [2.05, 4.69) is 4.98 Å². The molecule has 78 valence electrons. The zero-order valence-electron chi connectivity index (χ0n) is 8.07. The van der Waals surface area contributed by atoms with Gasteiger partial charge in [0.2, 0.25) is 0 Å². The molecular weight excluding hydrogens is 216 g/mol. The van der Waals surface area contributed by atoms with E-state index in [1.807, 2.05) is 6.92 Å². The normalized spacial score (nSPS) is 10.8. The molecule has 0 bridgehead atoms. The Morgan fingerprint density at radius 3 is 3.00 bits per heavy atom. The van der Waals surface area contributed by atoms with Crippen molar-refractivity contribution in [3.8, 4) is 0 Å². The van der Waals surface area contributed by atoms with Gasteiger partial charge in [0.15, 0.2) is 5.15 Å². The summed E-state index contributed by atoms with van der Waals surface area (Å²) < 4.78 is 1.80. The number of pyridine rings is 1. The van der Waals surface area contributed by atoms with Gasteiger partial charge in [0.1, 0.15) is 5.65 Å². The topological polar surface area (TPSA) is 54.6 Å². The van der Waals surface area contributed by atoms with Crippen LogP contribution in [0.25, 0.3) is 5.65 Å². The van der Waals surface area contributed by atoms with Crippen molar-refractivity contribution in [2.45, 2.75) is 13.3 Å². The van der Waals surface area contributed by atoms with Gasteiger partial charge < -0.3 is 9.51 Å². The first kappa shape index (κ1) is 9.98. The van der Waals surface area contributed by atoms with Crippen LogP contribution in [-0.4, -0.2) is 20.5 Å². The predicted molar refractivity (Wildman–Crippen MR) is 56.5 cm³/mol. The van der Waals surface area contributed by atoms with E-state index in [1.54, 1.807) is 10.6 Å². The summed E-state index contributed by atoms with van der Waals surface area (Å²) in [5.74, 6) is -0.963. The second-order valence-corrected chi connectivity index (χ2v) is 3.51. The minimum atomic E-state index is -0.963. The maximum absolute atomic E-state index is 10.7. The Balaban J connectivity index is 2.69. The SMILES string of the molecule is CCc1c(Cl)nc2cc(C(=O)O)ccn12. The lowest BCUT2D eigenvalue weighted by Crippen LogP contribution is -1.98. The summed E-state index contributed by atoms with van der Waals surface area (Å²) in [4.78, 5) is 14.8. The number of nitrogens with zero attached hydrogens (tertiary/aromatic N) is 2. The van der Waals surface area contributed by atoms with Crippen molar-refractivity contribution < 1.29 is 9.90 Å². The number of hydrogen-bond donors (Lipinski definition) is 1. The molecule has 0 aliphatic heterocycles. The molecule has 2 heterocycles. The number of carbonyl (C=O) groups is 1. The van der Waals surface area contributed by atoms with E-state index in [0.717, 1.165) is 12.1 Å². The first-order valence-electron chi connectivity index (χ1n) is 4.53. The summed E-state index contributed by atoms with van der Waals surface area (Å²) in [7, 11) is 0. The number of carboxylic acids is 1. The number of hydrogen-bond acceptors (Lipinski definition) is 2. The summed E-state index contributed by atoms with van der Waals surface area (Å²) in [5, 5.41) is 9.24. The van der Waals surface area contributed by atoms with Gasteiger partial charge in [0.25, 0.3) is 0 Å². The van der Waals surface area contributed by atoms with Crippen molar-refractivity contribution in [1.82, 2.24) is 9.38 Å². The molecule has 2 aromatic heterocycles. The molecule has 2 aromatic rings. The van der Waals surface area contributed by atoms with E-state index >= 15 is 0 Å². The average molecular weight is 225 g/mol. The molecule has 1 N–H and O–H groups in total. The highest BCUT2D eigenvalue weighted by atomic mass is 35.5. The molecule has 0 aliphatic rings. The van der Waals surface area contributed by atoms with Crippen LogP contribution in [0.15, 0.2) is 18.3 Å². The highest BCUT2D eigenvalue weighted by Gasteiger charge is 2.10. The second-order valence-electron chi connectivity index (χ2n) is 3.15. The van der Waals surface area contributed by atoms with Crippen molar-refractivity contribution in [3.63, 3.8) is 0 Å². The standard InChI is InChI=1S/C10H9ClN2O2/c1-2-7-9(11)12-8-5-6(10(14)15)3-4-13(7)8/h3-5H,2H2,1H3,(H,14,15). The highest BCUT2D eigenvalue weighted by Crippen LogP contribution is 2.18. The minimum absolute atomic E-state index is 0.215. The molecule has 15 heavy (non-hydrogen) atoms. The van der Waals surface area contributed by atoms with Crippen LogP contribution in [0.4, 0.5) is 0 Å². The van der Waals surface area contributed by atoms with Gasteiger partial charge in [-0.2, -0.15) is 0 Å². The molecule has 0 spiro atoms. The first-order chi connectivity index (χ1) is 7.13. The molecule has 0 fully saturated rings. The van der Waals surface area contributed by atoms with Crippen LogP contribution >= 0.6 is 11.6 Å². The third kappa shape index (κ3) is 1.57. The smallest absolute Gasteiger partial charge is 0.335 e. The summed E-state index contributed by atoms with van der Waals surface area (Å²) in [6.07, 6.45) is 2.43. The van der Waals surface area contributed by atoms with Crippen LogP contribution < -0.4 is 0 Å². The molecule has 0 amide bonds. The molecule has 0 saturated heterocycles. The number of fused-ring (bicyclic) bond motifs is 1. The fourth-order valence-corrected chi connectivity index (χ4v) is 1.83. The van der Waals surface area contributed by atoms with Crippen LogP contribution in [0.2, 0.25) is 5.15 Å². The number of aromatic nitrogens is 2. The second kappa shape index (κ2) is 3.55. The zero-order chi connectivity index (χ0) is 11.0. The minimum Gasteiger partial charge on any atom is -0.478 e. The number of carboxylic acid groups (broad SMARTS) is 1. The maximum Gasteiger partial charge on any atom is 0.335 e. The molecule has 0 aromatic carbocycles. The predicted octanol–water partition coefficient (Wildman–Crippen LogP) is 2.25. The van der Waals surface area contributed by atoms with Gasteiger partial charge >= 0.3 is 5.97 Å².